The minimum atomic E-state index is -0.776. The van der Waals surface area contributed by atoms with Gasteiger partial charge in [0, 0.05) is 18.0 Å². The average molecular weight is 281 g/mol. The molecule has 1 rings (SSSR count). The lowest BCUT2D eigenvalue weighted by atomic mass is 10.2. The van der Waals surface area contributed by atoms with Gasteiger partial charge in [-0.2, -0.15) is 0 Å². The molecule has 0 aromatic carbocycles. The van der Waals surface area contributed by atoms with Crippen molar-refractivity contribution in [3.05, 3.63) is 11.4 Å². The van der Waals surface area contributed by atoms with Crippen molar-refractivity contribution in [2.45, 2.75) is 33.6 Å². The molecule has 0 saturated heterocycles. The van der Waals surface area contributed by atoms with Crippen molar-refractivity contribution in [1.29, 1.82) is 0 Å². The van der Waals surface area contributed by atoms with Crippen molar-refractivity contribution < 1.29 is 9.53 Å². The monoisotopic (exact) mass is 281 g/mol. The SMILES string of the molecule is CCNc1nc(C(C)C)nc(NCCOC(N)=O)c1C. The van der Waals surface area contributed by atoms with E-state index < -0.39 is 6.09 Å². The summed E-state index contributed by atoms with van der Waals surface area (Å²) in [7, 11) is 0. The highest BCUT2D eigenvalue weighted by molar-refractivity contribution is 5.64. The highest BCUT2D eigenvalue weighted by Gasteiger charge is 2.12. The molecule has 0 unspecified atom stereocenters. The van der Waals surface area contributed by atoms with Crippen LogP contribution in [0.2, 0.25) is 0 Å². The van der Waals surface area contributed by atoms with E-state index in [0.717, 1.165) is 29.6 Å². The number of nitrogens with two attached hydrogens (primary N) is 1. The normalized spacial score (nSPS) is 10.4. The maximum atomic E-state index is 10.5. The summed E-state index contributed by atoms with van der Waals surface area (Å²) in [6.45, 7) is 9.49. The van der Waals surface area contributed by atoms with Gasteiger partial charge in [0.2, 0.25) is 0 Å². The molecule has 0 saturated carbocycles. The lowest BCUT2D eigenvalue weighted by molar-refractivity contribution is 0.161. The Hall–Kier alpha value is -2.05. The van der Waals surface area contributed by atoms with E-state index in [1.165, 1.54) is 0 Å². The molecule has 0 bridgehead atoms. The number of primary amides is 1. The van der Waals surface area contributed by atoms with E-state index in [-0.39, 0.29) is 12.5 Å². The van der Waals surface area contributed by atoms with Gasteiger partial charge in [0.05, 0.1) is 6.54 Å². The van der Waals surface area contributed by atoms with Crippen molar-refractivity contribution in [2.24, 2.45) is 5.73 Å². The van der Waals surface area contributed by atoms with Gasteiger partial charge in [-0.25, -0.2) is 14.8 Å². The summed E-state index contributed by atoms with van der Waals surface area (Å²) in [6, 6.07) is 0. The smallest absolute Gasteiger partial charge is 0.404 e. The minimum absolute atomic E-state index is 0.201. The molecule has 7 nitrogen and oxygen atoms in total. The molecule has 0 atom stereocenters. The molecule has 1 aromatic rings. The molecular formula is C13H23N5O2. The number of amides is 1. The Labute approximate surface area is 119 Å². The van der Waals surface area contributed by atoms with Gasteiger partial charge < -0.3 is 21.1 Å². The number of anilines is 2. The van der Waals surface area contributed by atoms with E-state index in [2.05, 4.69) is 25.3 Å². The van der Waals surface area contributed by atoms with Crippen LogP contribution in [0.4, 0.5) is 16.4 Å². The Kier molecular flexibility index (Phi) is 6.02. The number of carbonyl (C=O) groups excluding carboxylic acids is 1. The lowest BCUT2D eigenvalue weighted by Crippen LogP contribution is -2.19. The quantitative estimate of drug-likeness (QED) is 0.659. The summed E-state index contributed by atoms with van der Waals surface area (Å²) in [5, 5.41) is 6.36. The highest BCUT2D eigenvalue weighted by atomic mass is 16.5. The molecule has 0 fully saturated rings. The molecular weight excluding hydrogens is 258 g/mol. The standard InChI is InChI=1S/C13H23N5O2/c1-5-15-11-9(4)12(16-6-7-20-13(14)19)18-10(17-11)8(2)3/h8H,5-7H2,1-4H3,(H2,14,19)(H2,15,16,17,18). The zero-order valence-corrected chi connectivity index (χ0v) is 12.5. The summed E-state index contributed by atoms with van der Waals surface area (Å²) >= 11 is 0. The minimum Gasteiger partial charge on any atom is -0.448 e. The van der Waals surface area contributed by atoms with Gasteiger partial charge in [0.25, 0.3) is 0 Å². The van der Waals surface area contributed by atoms with Crippen LogP contribution in [0.25, 0.3) is 0 Å². The van der Waals surface area contributed by atoms with Crippen molar-refractivity contribution in [3.63, 3.8) is 0 Å². The van der Waals surface area contributed by atoms with Crippen molar-refractivity contribution in [3.8, 4) is 0 Å². The van der Waals surface area contributed by atoms with Crippen LogP contribution in [-0.4, -0.2) is 35.8 Å². The first-order valence-corrected chi connectivity index (χ1v) is 6.74. The maximum absolute atomic E-state index is 10.5. The second-order valence-corrected chi connectivity index (χ2v) is 4.68. The third-order valence-electron chi connectivity index (χ3n) is 2.66. The van der Waals surface area contributed by atoms with E-state index in [9.17, 15) is 4.79 Å². The number of nitrogens with one attached hydrogen (secondary N) is 2. The van der Waals surface area contributed by atoms with Gasteiger partial charge in [0.1, 0.15) is 24.1 Å². The molecule has 7 heteroatoms. The molecule has 1 aromatic heterocycles. The van der Waals surface area contributed by atoms with Crippen LogP contribution in [0.3, 0.4) is 0 Å². The van der Waals surface area contributed by atoms with Gasteiger partial charge in [-0.05, 0) is 13.8 Å². The maximum Gasteiger partial charge on any atom is 0.404 e. The van der Waals surface area contributed by atoms with Crippen LogP contribution >= 0.6 is 0 Å². The third kappa shape index (κ3) is 4.56. The Morgan fingerprint density at radius 1 is 1.30 bits per heavy atom. The summed E-state index contributed by atoms with van der Waals surface area (Å²) in [4.78, 5) is 19.5. The second-order valence-electron chi connectivity index (χ2n) is 4.68. The molecule has 0 aliphatic rings. The summed E-state index contributed by atoms with van der Waals surface area (Å²) in [5.74, 6) is 2.57. The highest BCUT2D eigenvalue weighted by Crippen LogP contribution is 2.22. The fourth-order valence-electron chi connectivity index (χ4n) is 1.62. The van der Waals surface area contributed by atoms with Gasteiger partial charge in [-0.3, -0.25) is 0 Å². The fraction of sp³-hybridized carbons (Fsp3) is 0.615. The average Bonchev–Trinajstić information content (AvgIpc) is 2.38. The van der Waals surface area contributed by atoms with E-state index in [0.29, 0.717) is 6.54 Å². The van der Waals surface area contributed by atoms with E-state index in [4.69, 9.17) is 5.73 Å². The largest absolute Gasteiger partial charge is 0.448 e. The number of hydrogen-bond acceptors (Lipinski definition) is 6. The van der Waals surface area contributed by atoms with E-state index in [1.54, 1.807) is 0 Å². The van der Waals surface area contributed by atoms with Crippen molar-refractivity contribution >= 4 is 17.7 Å². The number of hydrogen-bond donors (Lipinski definition) is 3. The number of aromatic nitrogens is 2. The molecule has 0 spiro atoms. The Morgan fingerprint density at radius 2 is 1.90 bits per heavy atom. The number of carbonyl (C=O) groups is 1. The van der Waals surface area contributed by atoms with Crippen molar-refractivity contribution in [2.75, 3.05) is 30.3 Å². The van der Waals surface area contributed by atoms with Crippen LogP contribution in [-0.2, 0) is 4.74 Å². The van der Waals surface area contributed by atoms with Gasteiger partial charge in [-0.15, -0.1) is 0 Å². The molecule has 1 amide bonds. The molecule has 112 valence electrons. The first-order valence-electron chi connectivity index (χ1n) is 6.74. The van der Waals surface area contributed by atoms with Crippen LogP contribution in [0.1, 0.15) is 38.1 Å². The Balaban J connectivity index is 2.84. The topological polar surface area (TPSA) is 102 Å². The molecule has 1 heterocycles. The summed E-state index contributed by atoms with van der Waals surface area (Å²) in [5.41, 5.74) is 5.84. The Bertz CT molecular complexity index is 462. The van der Waals surface area contributed by atoms with Crippen LogP contribution in [0.5, 0.6) is 0 Å². The second kappa shape index (κ2) is 7.52. The van der Waals surface area contributed by atoms with Crippen molar-refractivity contribution in [1.82, 2.24) is 9.97 Å². The first-order chi connectivity index (χ1) is 9.45. The number of rotatable bonds is 7. The molecule has 0 aliphatic carbocycles. The van der Waals surface area contributed by atoms with E-state index >= 15 is 0 Å². The van der Waals surface area contributed by atoms with Gasteiger partial charge in [-0.1, -0.05) is 13.8 Å². The van der Waals surface area contributed by atoms with Crippen LogP contribution in [0.15, 0.2) is 0 Å². The lowest BCUT2D eigenvalue weighted by Gasteiger charge is -2.15. The molecule has 0 aliphatic heterocycles. The molecule has 4 N–H and O–H groups in total. The van der Waals surface area contributed by atoms with Gasteiger partial charge in [0.15, 0.2) is 0 Å². The van der Waals surface area contributed by atoms with Gasteiger partial charge >= 0.3 is 6.09 Å². The van der Waals surface area contributed by atoms with Crippen LogP contribution in [0, 0.1) is 6.92 Å². The van der Waals surface area contributed by atoms with Crippen LogP contribution < -0.4 is 16.4 Å². The number of ether oxygens (including phenoxy) is 1. The van der Waals surface area contributed by atoms with E-state index in [1.807, 2.05) is 27.7 Å². The zero-order valence-electron chi connectivity index (χ0n) is 12.5. The predicted octanol–water partition coefficient (Wildman–Crippen LogP) is 1.85. The summed E-state index contributed by atoms with van der Waals surface area (Å²) in [6.07, 6.45) is -0.776. The zero-order chi connectivity index (χ0) is 15.1. The summed E-state index contributed by atoms with van der Waals surface area (Å²) < 4.78 is 4.68. The third-order valence-corrected chi connectivity index (χ3v) is 2.66. The fourth-order valence-corrected chi connectivity index (χ4v) is 1.62. The molecule has 0 radical (unpaired) electrons. The first kappa shape index (κ1) is 16.0. The Morgan fingerprint density at radius 3 is 2.40 bits per heavy atom. The molecule has 20 heavy (non-hydrogen) atoms. The number of nitrogens with zero attached hydrogens (tertiary/aromatic N) is 2. The predicted molar refractivity (Wildman–Crippen MR) is 79.0 cm³/mol.